The number of rotatable bonds is 15. The first kappa shape index (κ1) is 64.5. The van der Waals surface area contributed by atoms with Crippen LogP contribution in [0.1, 0.15) is 89.3 Å². The molecule has 6 aromatic heterocycles. The van der Waals surface area contributed by atoms with Crippen molar-refractivity contribution < 1.29 is 38.8 Å². The maximum Gasteiger partial charge on any atom is 0.263 e. The Morgan fingerprint density at radius 3 is 1.75 bits per heavy atom. The maximum atomic E-state index is 14.6. The minimum absolute atomic E-state index is 0.00823. The summed E-state index contributed by atoms with van der Waals surface area (Å²) >= 11 is 0. The summed E-state index contributed by atoms with van der Waals surface area (Å²) < 4.78 is 119. The molecule has 91 heavy (non-hydrogen) atoms. The van der Waals surface area contributed by atoms with Gasteiger partial charge >= 0.3 is 0 Å². The molecule has 22 heteroatoms. The third-order valence-corrected chi connectivity index (χ3v) is 19.4. The molecule has 6 heterocycles. The van der Waals surface area contributed by atoms with Gasteiger partial charge in [0.05, 0.1) is 77.5 Å². The van der Waals surface area contributed by atoms with Crippen molar-refractivity contribution in [1.29, 1.82) is 0 Å². The lowest BCUT2D eigenvalue weighted by molar-refractivity contribution is 0.242. The molecule has 0 saturated heterocycles. The van der Waals surface area contributed by atoms with E-state index in [1.807, 2.05) is 139 Å². The Morgan fingerprint density at radius 1 is 0.538 bits per heavy atom. The van der Waals surface area contributed by atoms with E-state index in [-0.39, 0.29) is 43.4 Å². The number of aryl methyl sites for hydroxylation is 1. The average molecular weight is 1280 g/mol. The summed E-state index contributed by atoms with van der Waals surface area (Å²) in [5.74, 6) is 0.385. The molecular formula is C69H68F2N10O7S3. The Hall–Kier alpha value is -9.51. The summed E-state index contributed by atoms with van der Waals surface area (Å²) in [6.45, 7) is 16.8. The molecule has 0 fully saturated rings. The third kappa shape index (κ3) is 14.7. The molecule has 0 unspecified atom stereocenters. The van der Waals surface area contributed by atoms with Crippen LogP contribution in [0.15, 0.2) is 215 Å². The highest BCUT2D eigenvalue weighted by Crippen LogP contribution is 2.32. The second-order valence-electron chi connectivity index (χ2n) is 24.0. The first-order chi connectivity index (χ1) is 43.2. The maximum absolute atomic E-state index is 14.6. The van der Waals surface area contributed by atoms with E-state index in [9.17, 15) is 34.0 Å². The summed E-state index contributed by atoms with van der Waals surface area (Å²) in [5.41, 5.74) is 5.75. The molecule has 468 valence electrons. The minimum Gasteiger partial charge on any atom is -0.491 e. The molecule has 0 saturated carbocycles. The van der Waals surface area contributed by atoms with Crippen LogP contribution in [-0.2, 0) is 58.7 Å². The van der Waals surface area contributed by atoms with Gasteiger partial charge in [-0.15, -0.1) is 0 Å². The second-order valence-corrected chi connectivity index (χ2v) is 29.6. The number of alkyl halides is 1. The molecule has 0 bridgehead atoms. The number of anilines is 1. The summed E-state index contributed by atoms with van der Waals surface area (Å²) in [6, 6.07) is 50.5. The number of nitrogens with one attached hydrogen (secondary N) is 1. The van der Waals surface area contributed by atoms with E-state index in [0.29, 0.717) is 45.7 Å². The van der Waals surface area contributed by atoms with Gasteiger partial charge in [-0.25, -0.2) is 48.4 Å². The fraction of sp³-hybridized carbons (Fsp3) is 0.217. The number of sulfonamides is 1. The zero-order valence-corrected chi connectivity index (χ0v) is 54.1. The quantitative estimate of drug-likeness (QED) is 0.101. The van der Waals surface area contributed by atoms with E-state index in [1.165, 1.54) is 28.9 Å². The van der Waals surface area contributed by atoms with Crippen molar-refractivity contribution in [2.45, 2.75) is 112 Å². The van der Waals surface area contributed by atoms with Crippen molar-refractivity contribution >= 4 is 68.1 Å². The first-order valence-electron chi connectivity index (χ1n) is 29.1. The van der Waals surface area contributed by atoms with Crippen LogP contribution in [0.25, 0.3) is 49.8 Å². The van der Waals surface area contributed by atoms with Gasteiger partial charge in [-0.1, -0.05) is 96.1 Å². The van der Waals surface area contributed by atoms with Gasteiger partial charge in [0.1, 0.15) is 24.1 Å². The molecule has 0 aliphatic carbocycles. The van der Waals surface area contributed by atoms with Crippen molar-refractivity contribution in [3.63, 3.8) is 0 Å². The third-order valence-electron chi connectivity index (χ3n) is 14.7. The number of hydrogen-bond donors (Lipinski definition) is 1. The lowest BCUT2D eigenvalue weighted by Crippen LogP contribution is -2.17. The summed E-state index contributed by atoms with van der Waals surface area (Å²) in [5, 5.41) is 16.7. The van der Waals surface area contributed by atoms with E-state index in [2.05, 4.69) is 55.7 Å². The summed E-state index contributed by atoms with van der Waals surface area (Å²) in [4.78, 5) is 13.5. The largest absolute Gasteiger partial charge is 0.491 e. The Balaban J connectivity index is 0.000000150. The molecule has 0 radical (unpaired) electrons. The number of hydrogen-bond acceptors (Lipinski definition) is 13. The molecular weight excluding hydrogens is 1220 g/mol. The Bertz CT molecular complexity index is 4950. The topological polar surface area (TPSA) is 216 Å². The number of benzene rings is 6. The van der Waals surface area contributed by atoms with Crippen LogP contribution >= 0.6 is 0 Å². The van der Waals surface area contributed by atoms with Crippen LogP contribution in [-0.4, -0.2) is 75.7 Å². The normalized spacial score (nSPS) is 12.2. The molecule has 17 nitrogen and oxygen atoms in total. The molecule has 12 aromatic rings. The van der Waals surface area contributed by atoms with Gasteiger partial charge in [-0.05, 0) is 163 Å². The van der Waals surface area contributed by atoms with Gasteiger partial charge < -0.3 is 4.74 Å². The second kappa shape index (κ2) is 26.1. The highest BCUT2D eigenvalue weighted by molar-refractivity contribution is 7.92. The number of sulfone groups is 2. The molecule has 0 aliphatic heterocycles. The predicted molar refractivity (Wildman–Crippen MR) is 351 cm³/mol. The number of pyridine rings is 3. The lowest BCUT2D eigenvalue weighted by Gasteiger charge is -2.20. The Morgan fingerprint density at radius 2 is 1.13 bits per heavy atom. The van der Waals surface area contributed by atoms with Gasteiger partial charge in [0.2, 0.25) is 0 Å². The number of fused-ring (bicyclic) bond motifs is 3. The molecule has 0 atom stereocenters. The van der Waals surface area contributed by atoms with E-state index in [1.54, 1.807) is 82.7 Å². The Kier molecular flexibility index (Phi) is 18.5. The fourth-order valence-electron chi connectivity index (χ4n) is 10.2. The zero-order chi connectivity index (χ0) is 65.0. The lowest BCUT2D eigenvalue weighted by atomic mass is 9.87. The van der Waals surface area contributed by atoms with Crippen LogP contribution in [0.4, 0.5) is 14.6 Å². The van der Waals surface area contributed by atoms with Gasteiger partial charge in [0.25, 0.3) is 10.0 Å². The van der Waals surface area contributed by atoms with Crippen LogP contribution in [0.5, 0.6) is 5.75 Å². The Labute approximate surface area is 528 Å². The van der Waals surface area contributed by atoms with Crippen molar-refractivity contribution in [2.75, 3.05) is 4.72 Å². The first-order valence-corrected chi connectivity index (χ1v) is 33.9. The van der Waals surface area contributed by atoms with Gasteiger partial charge in [-0.2, -0.15) is 20.0 Å². The van der Waals surface area contributed by atoms with Crippen molar-refractivity contribution in [1.82, 2.24) is 44.3 Å². The van der Waals surface area contributed by atoms with Gasteiger partial charge in [-0.3, -0.25) is 14.7 Å². The minimum atomic E-state index is -3.78. The highest BCUT2D eigenvalue weighted by Gasteiger charge is 2.26. The highest BCUT2D eigenvalue weighted by atomic mass is 32.2. The van der Waals surface area contributed by atoms with Crippen molar-refractivity contribution in [2.24, 2.45) is 0 Å². The van der Waals surface area contributed by atoms with E-state index in [4.69, 9.17) is 4.74 Å². The number of halogens is 2. The molecule has 0 spiro atoms. The number of ether oxygens (including phenoxy) is 1. The zero-order valence-electron chi connectivity index (χ0n) is 51.6. The monoisotopic (exact) mass is 1280 g/mol. The van der Waals surface area contributed by atoms with E-state index >= 15 is 0 Å². The predicted octanol–water partition coefficient (Wildman–Crippen LogP) is 14.3. The van der Waals surface area contributed by atoms with Crippen LogP contribution < -0.4 is 9.46 Å². The van der Waals surface area contributed by atoms with Crippen LogP contribution in [0, 0.1) is 12.7 Å². The number of aromatic nitrogens is 9. The van der Waals surface area contributed by atoms with Crippen LogP contribution in [0.2, 0.25) is 0 Å². The molecule has 0 aliphatic rings. The van der Waals surface area contributed by atoms with Crippen molar-refractivity contribution in [3.8, 4) is 22.9 Å². The van der Waals surface area contributed by atoms with Crippen LogP contribution in [0.3, 0.4) is 0 Å². The van der Waals surface area contributed by atoms with Gasteiger partial charge in [0.15, 0.2) is 25.5 Å². The smallest absolute Gasteiger partial charge is 0.263 e. The fourth-order valence-corrected chi connectivity index (χ4v) is 13.9. The SMILES string of the molecule is CC(C)(C)c1ccc(S(=O)(=O)Cc2ccnn2-c2cccc3ncccc23)cc1F.CC(C)Oc1ccc(S(=O)(=O)Cc2cc(CF)nn2-c2cccc3ncccc23)cc1.Cc1cc(NS(=O)(=O)c2ccc(C(C)(C)C)cc2)n(-c2nccc3ccccc23)n1. The summed E-state index contributed by atoms with van der Waals surface area (Å²) in [7, 11) is -11.2. The van der Waals surface area contributed by atoms with E-state index in [0.717, 1.165) is 49.9 Å². The number of nitrogens with zero attached hydrogens (tertiary/aromatic N) is 9. The summed E-state index contributed by atoms with van der Waals surface area (Å²) in [6.07, 6.45) is 6.63. The molecule has 1 N–H and O–H groups in total. The van der Waals surface area contributed by atoms with Gasteiger partial charge in [0, 0.05) is 47.0 Å². The average Bonchev–Trinajstić information content (AvgIpc) is 2.30. The van der Waals surface area contributed by atoms with Crippen molar-refractivity contribution in [3.05, 3.63) is 240 Å². The molecule has 0 amide bonds. The molecule has 12 rings (SSSR count). The molecule has 6 aromatic carbocycles. The van der Waals surface area contributed by atoms with E-state index < -0.39 is 47.6 Å². The standard InChI is InChI=1S/C23H22FN3O3S.C23H22FN3O2S.C23H24N4O2S/c1-16(2)30-19-8-10-20(11-9-19)31(28,29)15-18-13-17(14-24)26-27(18)23-7-3-6-22-21(23)5-4-12-25-22;1-23(2,3)19-10-9-17(14-20(19)24)30(28,29)15-16-11-13-26-27(16)22-8-4-7-21-18(22)6-5-12-25-21;1-16-15-21(26-30(28,29)19-11-9-18(10-12-19)23(2,3)4)27(25-16)22-20-8-6-5-7-17(20)13-14-24-22/h3-13,16H,14-15H2,1-2H3;4-14H,15H2,1-3H3;5-15,26H,1-4H3.